The lowest BCUT2D eigenvalue weighted by Crippen LogP contribution is -2.60. The quantitative estimate of drug-likeness (QED) is 0.391. The molecule has 0 bridgehead atoms. The minimum absolute atomic E-state index is 0.124. The number of phenols is 1. The number of hydrogen-bond donors (Lipinski definition) is 1. The van der Waals surface area contributed by atoms with Crippen LogP contribution in [0.2, 0.25) is 0 Å². The first-order valence-corrected chi connectivity index (χ1v) is 11.9. The normalized spacial score (nSPS) is 24.0. The predicted octanol–water partition coefficient (Wildman–Crippen LogP) is 3.31. The second-order valence-corrected chi connectivity index (χ2v) is 9.52. The first-order chi connectivity index (χ1) is 16.4. The van der Waals surface area contributed by atoms with Crippen molar-refractivity contribution in [3.63, 3.8) is 0 Å². The summed E-state index contributed by atoms with van der Waals surface area (Å²) in [4.78, 5) is 48.3. The van der Waals surface area contributed by atoms with Gasteiger partial charge in [-0.2, -0.15) is 0 Å². The molecule has 35 heavy (non-hydrogen) atoms. The van der Waals surface area contributed by atoms with Crippen molar-refractivity contribution in [2.75, 3.05) is 7.11 Å². The second kappa shape index (κ2) is 10.5. The Morgan fingerprint density at radius 3 is 2.20 bits per heavy atom. The molecule has 0 aliphatic carbocycles. The van der Waals surface area contributed by atoms with Gasteiger partial charge in [-0.3, -0.25) is 19.0 Å². The van der Waals surface area contributed by atoms with Gasteiger partial charge in [-0.15, -0.1) is 0 Å². The molecular weight excluding hydrogens is 598 g/mol. The summed E-state index contributed by atoms with van der Waals surface area (Å²) >= 11 is 6.57. The molecule has 0 amide bonds. The lowest BCUT2D eigenvalue weighted by atomic mass is 9.91. The Morgan fingerprint density at radius 1 is 1.06 bits per heavy atom. The highest BCUT2D eigenvalue weighted by atomic mass is 79.9. The molecular formula is C22H23Br2NO10. The SMILES string of the molecule is COC(=O)[C@H]1O[C@@H](Oc2cn(C(C)=O)c3cc(Br)c(O)c(Br)c23)[C@H](C)[C@@H](OC(C)=O)[C@@H]1OC(C)=O. The van der Waals surface area contributed by atoms with E-state index in [1.54, 1.807) is 13.0 Å². The highest BCUT2D eigenvalue weighted by Gasteiger charge is 2.52. The number of phenolic OH excluding ortho intramolecular Hbond substituents is 1. The van der Waals surface area contributed by atoms with Crippen LogP contribution in [0.3, 0.4) is 0 Å². The molecule has 11 nitrogen and oxygen atoms in total. The third-order valence-electron chi connectivity index (χ3n) is 5.40. The van der Waals surface area contributed by atoms with Gasteiger partial charge in [0.2, 0.25) is 12.2 Å². The lowest BCUT2D eigenvalue weighted by Gasteiger charge is -2.42. The van der Waals surface area contributed by atoms with Crippen molar-refractivity contribution in [2.45, 2.75) is 52.3 Å². The first-order valence-electron chi connectivity index (χ1n) is 10.3. The zero-order chi connectivity index (χ0) is 26.2. The molecule has 3 rings (SSSR count). The molecule has 1 aromatic heterocycles. The van der Waals surface area contributed by atoms with Crippen LogP contribution in [0.25, 0.3) is 10.9 Å². The maximum absolute atomic E-state index is 12.5. The average Bonchev–Trinajstić information content (AvgIpc) is 3.13. The summed E-state index contributed by atoms with van der Waals surface area (Å²) in [6.07, 6.45) is -3.68. The maximum Gasteiger partial charge on any atom is 0.339 e. The fourth-order valence-electron chi connectivity index (χ4n) is 3.85. The number of esters is 3. The number of halogens is 2. The van der Waals surface area contributed by atoms with Crippen LogP contribution in [-0.2, 0) is 33.3 Å². The van der Waals surface area contributed by atoms with Crippen LogP contribution in [-0.4, -0.2) is 65.2 Å². The summed E-state index contributed by atoms with van der Waals surface area (Å²) in [5, 5.41) is 10.8. The van der Waals surface area contributed by atoms with Gasteiger partial charge < -0.3 is 28.8 Å². The van der Waals surface area contributed by atoms with E-state index in [0.717, 1.165) is 14.0 Å². The van der Waals surface area contributed by atoms with E-state index in [-0.39, 0.29) is 21.9 Å². The lowest BCUT2D eigenvalue weighted by molar-refractivity contribution is -0.261. The Kier molecular flexibility index (Phi) is 8.12. The van der Waals surface area contributed by atoms with E-state index in [1.165, 1.54) is 24.6 Å². The summed E-state index contributed by atoms with van der Waals surface area (Å²) in [7, 11) is 1.13. The number of aromatic nitrogens is 1. The molecule has 1 aromatic carbocycles. The monoisotopic (exact) mass is 619 g/mol. The van der Waals surface area contributed by atoms with Crippen molar-refractivity contribution < 1.29 is 48.0 Å². The number of ether oxygens (including phenoxy) is 5. The van der Waals surface area contributed by atoms with Gasteiger partial charge in [0.25, 0.3) is 0 Å². The fourth-order valence-corrected chi connectivity index (χ4v) is 5.14. The number of hydrogen-bond acceptors (Lipinski definition) is 10. The largest absolute Gasteiger partial charge is 0.506 e. The topological polar surface area (TPSA) is 140 Å². The zero-order valence-electron chi connectivity index (χ0n) is 19.4. The van der Waals surface area contributed by atoms with Crippen LogP contribution < -0.4 is 4.74 Å². The summed E-state index contributed by atoms with van der Waals surface area (Å²) in [6.45, 7) is 5.29. The number of methoxy groups -OCH3 is 1. The Hall–Kier alpha value is -2.64. The van der Waals surface area contributed by atoms with Gasteiger partial charge in [-0.1, -0.05) is 6.92 Å². The smallest absolute Gasteiger partial charge is 0.339 e. The summed E-state index contributed by atoms with van der Waals surface area (Å²) < 4.78 is 29.3. The van der Waals surface area contributed by atoms with E-state index in [2.05, 4.69) is 31.9 Å². The molecule has 0 radical (unpaired) electrons. The minimum atomic E-state index is -1.47. The molecule has 13 heteroatoms. The Morgan fingerprint density at radius 2 is 1.66 bits per heavy atom. The summed E-state index contributed by atoms with van der Waals surface area (Å²) in [5.41, 5.74) is 0.423. The zero-order valence-corrected chi connectivity index (χ0v) is 22.5. The molecule has 0 saturated carbocycles. The number of benzene rings is 1. The molecule has 1 aliphatic rings. The van der Waals surface area contributed by atoms with E-state index < -0.39 is 48.4 Å². The van der Waals surface area contributed by atoms with Crippen molar-refractivity contribution >= 4 is 66.6 Å². The maximum atomic E-state index is 12.5. The number of aromatic hydroxyl groups is 1. The first kappa shape index (κ1) is 27.0. The van der Waals surface area contributed by atoms with Crippen LogP contribution >= 0.6 is 31.9 Å². The van der Waals surface area contributed by atoms with Gasteiger partial charge in [0.1, 0.15) is 11.5 Å². The van der Waals surface area contributed by atoms with Gasteiger partial charge >= 0.3 is 17.9 Å². The van der Waals surface area contributed by atoms with Crippen LogP contribution in [0.5, 0.6) is 11.5 Å². The van der Waals surface area contributed by atoms with Gasteiger partial charge in [0.15, 0.2) is 18.3 Å². The van der Waals surface area contributed by atoms with Crippen molar-refractivity contribution in [3.05, 3.63) is 21.2 Å². The Balaban J connectivity index is 2.10. The van der Waals surface area contributed by atoms with E-state index in [4.69, 9.17) is 23.7 Å². The van der Waals surface area contributed by atoms with Gasteiger partial charge in [-0.25, -0.2) is 4.79 Å². The number of nitrogens with zero attached hydrogens (tertiary/aromatic N) is 1. The Bertz CT molecular complexity index is 1190. The predicted molar refractivity (Wildman–Crippen MR) is 127 cm³/mol. The van der Waals surface area contributed by atoms with Crippen LogP contribution in [0.4, 0.5) is 0 Å². The van der Waals surface area contributed by atoms with Gasteiger partial charge in [-0.05, 0) is 37.9 Å². The van der Waals surface area contributed by atoms with Crippen molar-refractivity contribution in [3.8, 4) is 11.5 Å². The summed E-state index contributed by atoms with van der Waals surface area (Å²) in [5.74, 6) is -3.32. The van der Waals surface area contributed by atoms with Crippen LogP contribution in [0, 0.1) is 5.92 Å². The summed E-state index contributed by atoms with van der Waals surface area (Å²) in [6, 6.07) is 1.55. The molecule has 2 heterocycles. The van der Waals surface area contributed by atoms with E-state index in [0.29, 0.717) is 15.4 Å². The molecule has 1 fully saturated rings. The third kappa shape index (κ3) is 5.31. The van der Waals surface area contributed by atoms with Crippen molar-refractivity contribution in [1.29, 1.82) is 0 Å². The molecule has 1 saturated heterocycles. The standard InChI is InChI=1S/C22H23Br2NO10/c1-8-18(32-10(3)27)19(33-11(4)28)20(21(30)31-5)35-22(8)34-14-7-25(9(2)26)13-6-12(23)17(29)16(24)15(13)14/h6-8,18-20,22,29H,1-5H3/t8-,18-,19+,20+,22-/m1/s1. The molecule has 1 aliphatic heterocycles. The highest BCUT2D eigenvalue weighted by Crippen LogP contribution is 2.45. The molecule has 1 N–H and O–H groups in total. The van der Waals surface area contributed by atoms with Crippen LogP contribution in [0.1, 0.15) is 32.5 Å². The van der Waals surface area contributed by atoms with Gasteiger partial charge in [0, 0.05) is 20.8 Å². The minimum Gasteiger partial charge on any atom is -0.506 e. The number of rotatable bonds is 5. The average molecular weight is 621 g/mol. The molecule has 190 valence electrons. The fraction of sp³-hybridized carbons (Fsp3) is 0.455. The number of fused-ring (bicyclic) bond motifs is 1. The van der Waals surface area contributed by atoms with E-state index in [9.17, 15) is 24.3 Å². The number of carbonyl (C=O) groups excluding carboxylic acids is 4. The number of carbonyl (C=O) groups is 4. The van der Waals surface area contributed by atoms with Crippen molar-refractivity contribution in [2.24, 2.45) is 5.92 Å². The molecule has 0 spiro atoms. The van der Waals surface area contributed by atoms with Gasteiger partial charge in [0.05, 0.1) is 39.1 Å². The van der Waals surface area contributed by atoms with Crippen LogP contribution in [0.15, 0.2) is 21.2 Å². The third-order valence-corrected chi connectivity index (χ3v) is 6.77. The Labute approximate surface area is 216 Å². The highest BCUT2D eigenvalue weighted by molar-refractivity contribution is 9.11. The second-order valence-electron chi connectivity index (χ2n) is 7.87. The molecule has 5 atom stereocenters. The van der Waals surface area contributed by atoms with E-state index >= 15 is 0 Å². The molecule has 0 unspecified atom stereocenters. The molecule has 2 aromatic rings. The van der Waals surface area contributed by atoms with Crippen molar-refractivity contribution in [1.82, 2.24) is 4.57 Å². The van der Waals surface area contributed by atoms with E-state index in [1.807, 2.05) is 0 Å².